The van der Waals surface area contributed by atoms with E-state index < -0.39 is 0 Å². The SMILES string of the molecule is CCN(CC(=O)Nc1cccc(OC)c1)C(=O)/C=C/c1c(Cl)nc2ccccn12. The van der Waals surface area contributed by atoms with Crippen molar-refractivity contribution in [2.45, 2.75) is 6.92 Å². The standard InChI is InChI=1S/C21H21ClN4O3/c1-3-25(14-19(27)23-15-7-6-8-16(13-15)29-2)20(28)11-10-17-21(22)24-18-9-4-5-12-26(17)18/h4-13H,3,14H2,1-2H3,(H,23,27)/b11-10+. The second kappa shape index (κ2) is 9.25. The van der Waals surface area contributed by atoms with Gasteiger partial charge < -0.3 is 15.0 Å². The van der Waals surface area contributed by atoms with Crippen LogP contribution in [0, 0.1) is 0 Å². The molecule has 0 atom stereocenters. The van der Waals surface area contributed by atoms with Crippen molar-refractivity contribution in [3.8, 4) is 5.75 Å². The predicted molar refractivity (Wildman–Crippen MR) is 113 cm³/mol. The Labute approximate surface area is 173 Å². The number of ether oxygens (including phenoxy) is 1. The molecule has 7 nitrogen and oxygen atoms in total. The van der Waals surface area contributed by atoms with Crippen molar-refractivity contribution in [2.75, 3.05) is 25.5 Å². The fraction of sp³-hybridized carbons (Fsp3) is 0.190. The first kappa shape index (κ1) is 20.4. The molecule has 0 fully saturated rings. The Kier molecular flexibility index (Phi) is 6.51. The molecule has 1 aromatic carbocycles. The number of hydrogen-bond acceptors (Lipinski definition) is 4. The molecule has 0 aliphatic carbocycles. The summed E-state index contributed by atoms with van der Waals surface area (Å²) in [5.41, 5.74) is 1.90. The topological polar surface area (TPSA) is 75.9 Å². The monoisotopic (exact) mass is 412 g/mol. The number of hydrogen-bond donors (Lipinski definition) is 1. The number of carbonyl (C=O) groups is 2. The minimum Gasteiger partial charge on any atom is -0.497 e. The van der Waals surface area contributed by atoms with Crippen molar-refractivity contribution < 1.29 is 14.3 Å². The third-order valence-corrected chi connectivity index (χ3v) is 4.57. The molecule has 0 saturated carbocycles. The van der Waals surface area contributed by atoms with Crippen LogP contribution in [0.25, 0.3) is 11.7 Å². The molecule has 8 heteroatoms. The van der Waals surface area contributed by atoms with E-state index in [9.17, 15) is 9.59 Å². The first-order chi connectivity index (χ1) is 14.0. The van der Waals surface area contributed by atoms with Gasteiger partial charge in [0.25, 0.3) is 0 Å². The predicted octanol–water partition coefficient (Wildman–Crippen LogP) is 3.50. The van der Waals surface area contributed by atoms with Gasteiger partial charge in [0.15, 0.2) is 5.15 Å². The molecule has 29 heavy (non-hydrogen) atoms. The van der Waals surface area contributed by atoms with Crippen LogP contribution in [0.2, 0.25) is 5.15 Å². The molecule has 2 aromatic heterocycles. The number of fused-ring (bicyclic) bond motifs is 1. The minimum absolute atomic E-state index is 0.0717. The molecule has 0 spiro atoms. The van der Waals surface area contributed by atoms with Gasteiger partial charge in [-0.05, 0) is 37.3 Å². The first-order valence-electron chi connectivity index (χ1n) is 9.05. The first-order valence-corrected chi connectivity index (χ1v) is 9.43. The Morgan fingerprint density at radius 1 is 1.28 bits per heavy atom. The normalized spacial score (nSPS) is 11.0. The van der Waals surface area contributed by atoms with Crippen LogP contribution >= 0.6 is 11.6 Å². The fourth-order valence-electron chi connectivity index (χ4n) is 2.81. The van der Waals surface area contributed by atoms with E-state index in [0.717, 1.165) is 0 Å². The number of carbonyl (C=O) groups excluding carboxylic acids is 2. The van der Waals surface area contributed by atoms with Crippen molar-refractivity contribution >= 4 is 40.8 Å². The number of rotatable bonds is 7. The van der Waals surface area contributed by atoms with Crippen LogP contribution in [-0.2, 0) is 9.59 Å². The van der Waals surface area contributed by atoms with E-state index in [1.807, 2.05) is 31.3 Å². The second-order valence-corrected chi connectivity index (χ2v) is 6.54. The Hall–Kier alpha value is -3.32. The van der Waals surface area contributed by atoms with Crippen molar-refractivity contribution in [1.29, 1.82) is 0 Å². The van der Waals surface area contributed by atoms with Crippen molar-refractivity contribution in [1.82, 2.24) is 14.3 Å². The average Bonchev–Trinajstić information content (AvgIpc) is 3.05. The number of amides is 2. The van der Waals surface area contributed by atoms with Crippen molar-refractivity contribution in [3.05, 3.63) is 65.6 Å². The molecule has 3 aromatic rings. The number of pyridine rings is 1. The lowest BCUT2D eigenvalue weighted by Crippen LogP contribution is -2.36. The largest absolute Gasteiger partial charge is 0.497 e. The highest BCUT2D eigenvalue weighted by Gasteiger charge is 2.14. The van der Waals surface area contributed by atoms with Gasteiger partial charge in [0, 0.05) is 30.6 Å². The Bertz CT molecular complexity index is 1060. The molecule has 0 bridgehead atoms. The van der Waals surface area contributed by atoms with Crippen LogP contribution in [0.3, 0.4) is 0 Å². The zero-order valence-corrected chi connectivity index (χ0v) is 16.9. The van der Waals surface area contributed by atoms with E-state index >= 15 is 0 Å². The second-order valence-electron chi connectivity index (χ2n) is 6.18. The number of imidazole rings is 1. The summed E-state index contributed by atoms with van der Waals surface area (Å²) in [4.78, 5) is 30.6. The lowest BCUT2D eigenvalue weighted by molar-refractivity contribution is -0.130. The van der Waals surface area contributed by atoms with Crippen LogP contribution in [0.5, 0.6) is 5.75 Å². The van der Waals surface area contributed by atoms with Gasteiger partial charge in [-0.25, -0.2) is 4.98 Å². The average molecular weight is 413 g/mol. The van der Waals surface area contributed by atoms with Gasteiger partial charge >= 0.3 is 0 Å². The summed E-state index contributed by atoms with van der Waals surface area (Å²) >= 11 is 6.18. The van der Waals surface area contributed by atoms with Gasteiger partial charge in [-0.1, -0.05) is 23.7 Å². The highest BCUT2D eigenvalue weighted by atomic mass is 35.5. The van der Waals surface area contributed by atoms with E-state index in [4.69, 9.17) is 16.3 Å². The maximum atomic E-state index is 12.6. The minimum atomic E-state index is -0.297. The summed E-state index contributed by atoms with van der Waals surface area (Å²) in [7, 11) is 1.56. The van der Waals surface area contributed by atoms with Gasteiger partial charge in [-0.15, -0.1) is 0 Å². The van der Waals surface area contributed by atoms with Crippen LogP contribution in [0.15, 0.2) is 54.7 Å². The molecule has 2 heterocycles. The maximum absolute atomic E-state index is 12.6. The number of methoxy groups -OCH3 is 1. The molecule has 2 amide bonds. The zero-order valence-electron chi connectivity index (χ0n) is 16.1. The maximum Gasteiger partial charge on any atom is 0.247 e. The molecule has 0 aliphatic heterocycles. The van der Waals surface area contributed by atoms with Gasteiger partial charge in [-0.3, -0.25) is 14.0 Å². The van der Waals surface area contributed by atoms with Crippen LogP contribution < -0.4 is 10.1 Å². The molecule has 0 radical (unpaired) electrons. The van der Waals surface area contributed by atoms with Crippen LogP contribution in [0.1, 0.15) is 12.6 Å². The van der Waals surface area contributed by atoms with E-state index in [0.29, 0.717) is 34.5 Å². The molecule has 1 N–H and O–H groups in total. The van der Waals surface area contributed by atoms with Gasteiger partial charge in [0.2, 0.25) is 11.8 Å². The Morgan fingerprint density at radius 3 is 2.86 bits per heavy atom. The smallest absolute Gasteiger partial charge is 0.247 e. The number of anilines is 1. The molecule has 150 valence electrons. The van der Waals surface area contributed by atoms with Gasteiger partial charge in [-0.2, -0.15) is 0 Å². The van der Waals surface area contributed by atoms with E-state index in [-0.39, 0.29) is 18.4 Å². The number of halogens is 1. The molecule has 0 aliphatic rings. The third-order valence-electron chi connectivity index (χ3n) is 4.29. The molecule has 0 unspecified atom stereocenters. The molecule has 0 saturated heterocycles. The lowest BCUT2D eigenvalue weighted by atomic mass is 10.3. The van der Waals surface area contributed by atoms with E-state index in [1.54, 1.807) is 41.9 Å². The fourth-order valence-corrected chi connectivity index (χ4v) is 3.05. The Morgan fingerprint density at radius 2 is 2.10 bits per heavy atom. The van der Waals surface area contributed by atoms with Crippen LogP contribution in [-0.4, -0.2) is 46.3 Å². The number of benzene rings is 1. The van der Waals surface area contributed by atoms with Gasteiger partial charge in [0.05, 0.1) is 12.8 Å². The summed E-state index contributed by atoms with van der Waals surface area (Å²) in [6, 6.07) is 12.6. The molecule has 3 rings (SSSR count). The molecular formula is C21H21ClN4O3. The highest BCUT2D eigenvalue weighted by molar-refractivity contribution is 6.31. The quantitative estimate of drug-likeness (QED) is 0.602. The summed E-state index contributed by atoms with van der Waals surface area (Å²) in [5.74, 6) is 0.0454. The number of nitrogens with zero attached hydrogens (tertiary/aromatic N) is 3. The molecular weight excluding hydrogens is 392 g/mol. The summed E-state index contributed by atoms with van der Waals surface area (Å²) in [6.07, 6.45) is 4.81. The summed E-state index contributed by atoms with van der Waals surface area (Å²) in [6.45, 7) is 2.12. The van der Waals surface area contributed by atoms with Crippen LogP contribution in [0.4, 0.5) is 5.69 Å². The Balaban J connectivity index is 1.67. The van der Waals surface area contributed by atoms with Gasteiger partial charge in [0.1, 0.15) is 17.9 Å². The number of aromatic nitrogens is 2. The summed E-state index contributed by atoms with van der Waals surface area (Å²) in [5, 5.41) is 3.07. The number of likely N-dealkylation sites (N-methyl/N-ethyl adjacent to an activating group) is 1. The summed E-state index contributed by atoms with van der Waals surface area (Å²) < 4.78 is 6.93. The lowest BCUT2D eigenvalue weighted by Gasteiger charge is -2.18. The van der Waals surface area contributed by atoms with Crippen molar-refractivity contribution in [2.24, 2.45) is 0 Å². The zero-order chi connectivity index (χ0) is 20.8. The number of nitrogens with one attached hydrogen (secondary N) is 1. The van der Waals surface area contributed by atoms with E-state index in [1.165, 1.54) is 11.0 Å². The third kappa shape index (κ3) is 4.94. The van der Waals surface area contributed by atoms with E-state index in [2.05, 4.69) is 10.3 Å². The van der Waals surface area contributed by atoms with Crippen molar-refractivity contribution in [3.63, 3.8) is 0 Å². The highest BCUT2D eigenvalue weighted by Crippen LogP contribution is 2.19.